The van der Waals surface area contributed by atoms with Crippen molar-refractivity contribution in [3.05, 3.63) is 40.0 Å². The summed E-state index contributed by atoms with van der Waals surface area (Å²) >= 11 is 0. The molecule has 5 heteroatoms. The number of aromatic nitrogens is 1. The minimum atomic E-state index is -2.21. The van der Waals surface area contributed by atoms with E-state index in [0.29, 0.717) is 5.69 Å². The van der Waals surface area contributed by atoms with Gasteiger partial charge in [0.15, 0.2) is 0 Å². The topological polar surface area (TPSA) is 81.9 Å². The Morgan fingerprint density at radius 2 is 2.43 bits per heavy atom. The standard InChI is InChI=1S/C9H12N4O/c1-9(2,14)8-5-3-4-7(12-8)6-11-13-10/h3-5,14H,6H2,1-2H3/i6D2. The van der Waals surface area contributed by atoms with Crippen LogP contribution in [0.4, 0.5) is 0 Å². The minimum absolute atomic E-state index is 0.0232. The van der Waals surface area contributed by atoms with Crippen LogP contribution in [0.15, 0.2) is 23.3 Å². The molecule has 0 fully saturated rings. The molecular weight excluding hydrogens is 180 g/mol. The van der Waals surface area contributed by atoms with Crippen molar-refractivity contribution in [1.29, 1.82) is 0 Å². The van der Waals surface area contributed by atoms with Crippen LogP contribution in [0.1, 0.15) is 28.0 Å². The van der Waals surface area contributed by atoms with Crippen molar-refractivity contribution in [2.75, 3.05) is 0 Å². The van der Waals surface area contributed by atoms with Crippen molar-refractivity contribution in [2.45, 2.75) is 25.9 Å². The van der Waals surface area contributed by atoms with Gasteiger partial charge in [-0.15, -0.1) is 0 Å². The molecule has 1 aromatic heterocycles. The Labute approximate surface area is 84.8 Å². The highest BCUT2D eigenvalue weighted by Crippen LogP contribution is 2.17. The first-order chi connectivity index (χ1) is 7.27. The minimum Gasteiger partial charge on any atom is -0.384 e. The van der Waals surface area contributed by atoms with Crippen molar-refractivity contribution in [2.24, 2.45) is 5.11 Å². The van der Waals surface area contributed by atoms with E-state index >= 15 is 0 Å². The molecule has 0 unspecified atom stereocenters. The van der Waals surface area contributed by atoms with Crippen LogP contribution in [0.25, 0.3) is 10.4 Å². The number of nitrogens with zero attached hydrogens (tertiary/aromatic N) is 4. The average molecular weight is 194 g/mol. The van der Waals surface area contributed by atoms with Crippen LogP contribution < -0.4 is 0 Å². The molecule has 1 heterocycles. The lowest BCUT2D eigenvalue weighted by molar-refractivity contribution is 0.0736. The first-order valence-corrected chi connectivity index (χ1v) is 4.04. The van der Waals surface area contributed by atoms with E-state index < -0.39 is 12.1 Å². The van der Waals surface area contributed by atoms with Crippen molar-refractivity contribution >= 4 is 0 Å². The second-order valence-electron chi connectivity index (χ2n) is 3.27. The number of hydrogen-bond acceptors (Lipinski definition) is 3. The molecule has 0 aromatic carbocycles. The number of hydrogen-bond donors (Lipinski definition) is 1. The van der Waals surface area contributed by atoms with Gasteiger partial charge in [0.1, 0.15) is 5.60 Å². The Balaban J connectivity index is 3.23. The van der Waals surface area contributed by atoms with Gasteiger partial charge in [0, 0.05) is 13.3 Å². The summed E-state index contributed by atoms with van der Waals surface area (Å²) in [4.78, 5) is 6.37. The summed E-state index contributed by atoms with van der Waals surface area (Å²) in [7, 11) is 0. The fourth-order valence-electron chi connectivity index (χ4n) is 0.911. The van der Waals surface area contributed by atoms with Gasteiger partial charge in [-0.2, -0.15) is 0 Å². The summed E-state index contributed by atoms with van der Waals surface area (Å²) in [6.45, 7) is 0.875. The van der Waals surface area contributed by atoms with Gasteiger partial charge in [-0.05, 0) is 31.5 Å². The van der Waals surface area contributed by atoms with E-state index in [9.17, 15) is 5.11 Å². The number of azide groups is 1. The van der Waals surface area contributed by atoms with E-state index in [1.165, 1.54) is 6.07 Å². The molecule has 0 saturated carbocycles. The van der Waals surface area contributed by atoms with Crippen LogP contribution in [0, 0.1) is 0 Å². The third-order valence-electron chi connectivity index (χ3n) is 1.59. The number of rotatable bonds is 3. The largest absolute Gasteiger partial charge is 0.384 e. The van der Waals surface area contributed by atoms with Crippen LogP contribution in [0.2, 0.25) is 0 Å². The molecule has 0 atom stereocenters. The normalized spacial score (nSPS) is 13.9. The summed E-state index contributed by atoms with van der Waals surface area (Å²) in [5.41, 5.74) is 7.37. The zero-order valence-corrected chi connectivity index (χ0v) is 7.97. The van der Waals surface area contributed by atoms with Crippen molar-refractivity contribution < 1.29 is 7.85 Å². The Morgan fingerprint density at radius 3 is 3.00 bits per heavy atom. The third-order valence-corrected chi connectivity index (χ3v) is 1.59. The van der Waals surface area contributed by atoms with Crippen LogP contribution in [0.5, 0.6) is 0 Å². The highest BCUT2D eigenvalue weighted by molar-refractivity contribution is 5.15. The predicted molar refractivity (Wildman–Crippen MR) is 52.3 cm³/mol. The molecule has 0 amide bonds. The zero-order valence-electron chi connectivity index (χ0n) is 9.97. The fraction of sp³-hybridized carbons (Fsp3) is 0.444. The summed E-state index contributed by atoms with van der Waals surface area (Å²) in [6.07, 6.45) is 0. The Hall–Kier alpha value is -1.58. The molecule has 1 rings (SSSR count). The van der Waals surface area contributed by atoms with Crippen LogP contribution in [0.3, 0.4) is 0 Å². The van der Waals surface area contributed by atoms with Crippen molar-refractivity contribution in [1.82, 2.24) is 4.98 Å². The second kappa shape index (κ2) is 4.09. The molecule has 5 nitrogen and oxygen atoms in total. The molecule has 0 radical (unpaired) electrons. The highest BCUT2D eigenvalue weighted by atomic mass is 16.3. The van der Waals surface area contributed by atoms with Crippen molar-refractivity contribution in [3.63, 3.8) is 0 Å². The maximum Gasteiger partial charge on any atom is 0.101 e. The molecule has 14 heavy (non-hydrogen) atoms. The van der Waals surface area contributed by atoms with E-state index in [4.69, 9.17) is 8.27 Å². The molecule has 0 aliphatic heterocycles. The Morgan fingerprint density at radius 1 is 1.71 bits per heavy atom. The van der Waals surface area contributed by atoms with Gasteiger partial charge in [-0.3, -0.25) is 4.98 Å². The van der Waals surface area contributed by atoms with Crippen LogP contribution >= 0.6 is 0 Å². The van der Waals surface area contributed by atoms with E-state index in [1.54, 1.807) is 26.0 Å². The number of aliphatic hydroxyl groups is 1. The summed E-state index contributed by atoms with van der Waals surface area (Å²) in [5, 5.41) is 12.7. The highest BCUT2D eigenvalue weighted by Gasteiger charge is 2.17. The molecule has 1 aromatic rings. The lowest BCUT2D eigenvalue weighted by atomic mass is 10.0. The van der Waals surface area contributed by atoms with E-state index in [2.05, 4.69) is 15.0 Å². The fourth-order valence-corrected chi connectivity index (χ4v) is 0.911. The lowest BCUT2D eigenvalue weighted by Gasteiger charge is -2.16. The van der Waals surface area contributed by atoms with Gasteiger partial charge in [-0.25, -0.2) is 0 Å². The van der Waals surface area contributed by atoms with E-state index in [0.717, 1.165) is 0 Å². The maximum absolute atomic E-state index is 9.72. The zero-order chi connectivity index (χ0) is 12.4. The van der Waals surface area contributed by atoms with Gasteiger partial charge in [0.25, 0.3) is 0 Å². The predicted octanol–water partition coefficient (Wildman–Crippen LogP) is 2.12. The lowest BCUT2D eigenvalue weighted by Crippen LogP contribution is -2.17. The van der Waals surface area contributed by atoms with Crippen LogP contribution in [-0.2, 0) is 12.1 Å². The van der Waals surface area contributed by atoms with Crippen LogP contribution in [-0.4, -0.2) is 10.1 Å². The van der Waals surface area contributed by atoms with Gasteiger partial charge in [0.05, 0.1) is 12.2 Å². The molecule has 74 valence electrons. The summed E-state index contributed by atoms with van der Waals surface area (Å²) in [6, 6.07) is 4.54. The molecular formula is C9H12N4O. The first kappa shape index (κ1) is 7.79. The molecule has 0 aliphatic rings. The van der Waals surface area contributed by atoms with Gasteiger partial charge >= 0.3 is 0 Å². The Bertz CT molecular complexity index is 435. The third kappa shape index (κ3) is 2.73. The SMILES string of the molecule is [2H]C([2H])(N=[N+]=[N-])c1cccc(C(C)(C)O)n1. The molecule has 0 spiro atoms. The summed E-state index contributed by atoms with van der Waals surface area (Å²) < 4.78 is 14.9. The quantitative estimate of drug-likeness (QED) is 0.454. The first-order valence-electron chi connectivity index (χ1n) is 5.04. The Kier molecular flexibility index (Phi) is 2.27. The second-order valence-corrected chi connectivity index (χ2v) is 3.27. The van der Waals surface area contributed by atoms with Gasteiger partial charge in [0.2, 0.25) is 0 Å². The molecule has 0 bridgehead atoms. The molecule has 1 N–H and O–H groups in total. The van der Waals surface area contributed by atoms with Crippen molar-refractivity contribution in [3.8, 4) is 0 Å². The maximum atomic E-state index is 9.72. The average Bonchev–Trinajstić information content (AvgIpc) is 2.16. The molecule has 0 saturated heterocycles. The van der Waals surface area contributed by atoms with E-state index in [1.807, 2.05) is 0 Å². The number of pyridine rings is 1. The summed E-state index contributed by atoms with van der Waals surface area (Å²) in [5.74, 6) is 0. The van der Waals surface area contributed by atoms with E-state index in [-0.39, 0.29) is 5.69 Å². The molecule has 0 aliphatic carbocycles. The van der Waals surface area contributed by atoms with Gasteiger partial charge in [-0.1, -0.05) is 11.2 Å². The van der Waals surface area contributed by atoms with Gasteiger partial charge < -0.3 is 5.11 Å². The smallest absolute Gasteiger partial charge is 0.101 e. The monoisotopic (exact) mass is 194 g/mol.